The van der Waals surface area contributed by atoms with Crippen LogP contribution in [0.2, 0.25) is 0 Å². The van der Waals surface area contributed by atoms with E-state index in [4.69, 9.17) is 0 Å². The molecule has 0 radical (unpaired) electrons. The number of amides is 2. The third kappa shape index (κ3) is 8.32. The summed E-state index contributed by atoms with van der Waals surface area (Å²) in [5.74, 6) is -1.20. The molecule has 0 bridgehead atoms. The van der Waals surface area contributed by atoms with E-state index in [1.165, 1.54) is 30.0 Å². The lowest BCUT2D eigenvalue weighted by Crippen LogP contribution is -2.51. The first kappa shape index (κ1) is 32.1. The molecule has 12 heteroatoms. The molecule has 0 saturated carbocycles. The minimum atomic E-state index is -4.74. The lowest BCUT2D eigenvalue weighted by atomic mass is 10.1. The number of alkyl halides is 3. The van der Waals surface area contributed by atoms with Crippen molar-refractivity contribution >= 4 is 43.5 Å². The summed E-state index contributed by atoms with van der Waals surface area (Å²) >= 11 is 3.35. The van der Waals surface area contributed by atoms with Crippen molar-refractivity contribution in [3.05, 3.63) is 94.0 Å². The van der Waals surface area contributed by atoms with E-state index in [9.17, 15) is 31.2 Å². The number of rotatable bonds is 11. The minimum absolute atomic E-state index is 0.0339. The largest absolute Gasteiger partial charge is 0.416 e. The molecule has 3 aromatic carbocycles. The van der Waals surface area contributed by atoms with E-state index < -0.39 is 46.2 Å². The van der Waals surface area contributed by atoms with Crippen LogP contribution in [-0.2, 0) is 32.3 Å². The zero-order chi connectivity index (χ0) is 30.4. The van der Waals surface area contributed by atoms with Gasteiger partial charge in [-0.05, 0) is 68.3 Å². The second kappa shape index (κ2) is 13.5. The number of hydrogen-bond donors (Lipinski definition) is 1. The molecule has 0 aliphatic heterocycles. The molecule has 0 aromatic heterocycles. The lowest BCUT2D eigenvalue weighted by Gasteiger charge is -2.32. The van der Waals surface area contributed by atoms with Crippen LogP contribution in [0.5, 0.6) is 0 Å². The SMILES string of the molecule is CCCNC(=O)[C@@H](C)N(Cc1ccc(Br)cc1)C(=O)CN(c1cccc(C(F)(F)F)c1)S(=O)(=O)c1ccc(C)cc1. The van der Waals surface area contributed by atoms with Gasteiger partial charge in [-0.1, -0.05) is 58.7 Å². The Morgan fingerprint density at radius 3 is 2.22 bits per heavy atom. The molecule has 2 amide bonds. The number of benzene rings is 3. The van der Waals surface area contributed by atoms with Crippen molar-refractivity contribution in [3.63, 3.8) is 0 Å². The van der Waals surface area contributed by atoms with E-state index in [1.807, 2.05) is 6.92 Å². The van der Waals surface area contributed by atoms with Crippen molar-refractivity contribution in [1.82, 2.24) is 10.2 Å². The number of sulfonamides is 1. The van der Waals surface area contributed by atoms with Crippen LogP contribution in [0.25, 0.3) is 0 Å². The fraction of sp³-hybridized carbons (Fsp3) is 0.310. The van der Waals surface area contributed by atoms with Gasteiger partial charge in [-0.2, -0.15) is 13.2 Å². The number of nitrogens with zero attached hydrogens (tertiary/aromatic N) is 2. The highest BCUT2D eigenvalue weighted by Crippen LogP contribution is 2.33. The summed E-state index contributed by atoms with van der Waals surface area (Å²) in [5.41, 5.74) is 0.0490. The first-order chi connectivity index (χ1) is 19.2. The molecule has 0 fully saturated rings. The van der Waals surface area contributed by atoms with Gasteiger partial charge in [0.2, 0.25) is 11.8 Å². The zero-order valence-electron chi connectivity index (χ0n) is 22.8. The maximum atomic E-state index is 13.8. The normalized spacial score (nSPS) is 12.5. The van der Waals surface area contributed by atoms with Crippen LogP contribution in [0.15, 0.2) is 82.2 Å². The lowest BCUT2D eigenvalue weighted by molar-refractivity contribution is -0.139. The molecule has 1 N–H and O–H groups in total. The highest BCUT2D eigenvalue weighted by Gasteiger charge is 2.35. The molecule has 0 aliphatic rings. The van der Waals surface area contributed by atoms with Gasteiger partial charge in [-0.15, -0.1) is 0 Å². The Bertz CT molecular complexity index is 1460. The molecule has 3 rings (SSSR count). The quantitative estimate of drug-likeness (QED) is 0.279. The predicted molar refractivity (Wildman–Crippen MR) is 155 cm³/mol. The second-order valence-electron chi connectivity index (χ2n) is 9.49. The van der Waals surface area contributed by atoms with E-state index in [-0.39, 0.29) is 17.1 Å². The summed E-state index contributed by atoms with van der Waals surface area (Å²) in [6.07, 6.45) is -4.07. The Labute approximate surface area is 246 Å². The van der Waals surface area contributed by atoms with Crippen LogP contribution in [0.3, 0.4) is 0 Å². The number of aryl methyl sites for hydroxylation is 1. The van der Waals surface area contributed by atoms with Crippen LogP contribution >= 0.6 is 15.9 Å². The minimum Gasteiger partial charge on any atom is -0.354 e. The van der Waals surface area contributed by atoms with Gasteiger partial charge in [-0.3, -0.25) is 13.9 Å². The van der Waals surface area contributed by atoms with Gasteiger partial charge in [0, 0.05) is 17.6 Å². The number of hydrogen-bond acceptors (Lipinski definition) is 4. The number of carbonyl (C=O) groups excluding carboxylic acids is 2. The molecule has 3 aromatic rings. The molecule has 41 heavy (non-hydrogen) atoms. The summed E-state index contributed by atoms with van der Waals surface area (Å²) in [4.78, 5) is 27.8. The van der Waals surface area contributed by atoms with Crippen molar-refractivity contribution in [2.45, 2.75) is 50.9 Å². The van der Waals surface area contributed by atoms with Crippen LogP contribution in [-0.4, -0.2) is 44.3 Å². The van der Waals surface area contributed by atoms with Gasteiger partial charge in [0.15, 0.2) is 0 Å². The van der Waals surface area contributed by atoms with E-state index in [0.29, 0.717) is 28.9 Å². The Balaban J connectivity index is 2.07. The summed E-state index contributed by atoms with van der Waals surface area (Å²) in [6, 6.07) is 15.6. The summed E-state index contributed by atoms with van der Waals surface area (Å²) in [5, 5.41) is 2.74. The molecule has 0 saturated heterocycles. The summed E-state index contributed by atoms with van der Waals surface area (Å²) in [6.45, 7) is 4.66. The van der Waals surface area contributed by atoms with Gasteiger partial charge < -0.3 is 10.2 Å². The average Bonchev–Trinajstić information content (AvgIpc) is 2.93. The molecule has 0 spiro atoms. The van der Waals surface area contributed by atoms with Gasteiger partial charge in [-0.25, -0.2) is 8.42 Å². The van der Waals surface area contributed by atoms with Gasteiger partial charge in [0.25, 0.3) is 10.0 Å². The Morgan fingerprint density at radius 2 is 1.63 bits per heavy atom. The topological polar surface area (TPSA) is 86.8 Å². The molecule has 1 atom stereocenters. The number of carbonyl (C=O) groups is 2. The molecule has 7 nitrogen and oxygen atoms in total. The van der Waals surface area contributed by atoms with Crippen LogP contribution in [0.1, 0.15) is 37.0 Å². The number of halogens is 4. The van der Waals surface area contributed by atoms with Crippen LogP contribution < -0.4 is 9.62 Å². The van der Waals surface area contributed by atoms with Gasteiger partial charge >= 0.3 is 6.18 Å². The fourth-order valence-corrected chi connectivity index (χ4v) is 5.64. The second-order valence-corrected chi connectivity index (χ2v) is 12.3. The van der Waals surface area contributed by atoms with E-state index in [0.717, 1.165) is 22.2 Å². The van der Waals surface area contributed by atoms with Crippen LogP contribution in [0.4, 0.5) is 18.9 Å². The Hall–Kier alpha value is -3.38. The molecule has 220 valence electrons. The maximum absolute atomic E-state index is 13.8. The molecule has 0 unspecified atom stereocenters. The molecular formula is C29H31BrF3N3O4S. The average molecular weight is 655 g/mol. The van der Waals surface area contributed by atoms with Crippen molar-refractivity contribution in [3.8, 4) is 0 Å². The summed E-state index contributed by atoms with van der Waals surface area (Å²) in [7, 11) is -4.49. The predicted octanol–water partition coefficient (Wildman–Crippen LogP) is 5.92. The van der Waals surface area contributed by atoms with Crippen molar-refractivity contribution in [2.75, 3.05) is 17.4 Å². The van der Waals surface area contributed by atoms with Crippen molar-refractivity contribution in [1.29, 1.82) is 0 Å². The van der Waals surface area contributed by atoms with Gasteiger partial charge in [0.05, 0.1) is 16.1 Å². The van der Waals surface area contributed by atoms with Gasteiger partial charge in [0.1, 0.15) is 12.6 Å². The standard InChI is InChI=1S/C29H31BrF3N3O4S/c1-4-16-34-28(38)21(3)35(18-22-10-12-24(30)13-11-22)27(37)19-36(25-7-5-6-23(17-25)29(31,32)33)41(39,40)26-14-8-20(2)9-15-26/h5-15,17,21H,4,16,18-19H2,1-3H3,(H,34,38)/t21-/m1/s1. The third-order valence-electron chi connectivity index (χ3n) is 6.33. The van der Waals surface area contributed by atoms with Crippen molar-refractivity contribution in [2.24, 2.45) is 0 Å². The van der Waals surface area contributed by atoms with E-state index in [2.05, 4.69) is 21.2 Å². The monoisotopic (exact) mass is 653 g/mol. The smallest absolute Gasteiger partial charge is 0.354 e. The number of nitrogens with one attached hydrogen (secondary N) is 1. The molecule has 0 aliphatic carbocycles. The highest BCUT2D eigenvalue weighted by atomic mass is 79.9. The molecular weight excluding hydrogens is 623 g/mol. The molecule has 0 heterocycles. The van der Waals surface area contributed by atoms with E-state index in [1.54, 1.807) is 43.3 Å². The van der Waals surface area contributed by atoms with Crippen molar-refractivity contribution < 1.29 is 31.2 Å². The zero-order valence-corrected chi connectivity index (χ0v) is 25.2. The Kier molecular flexibility index (Phi) is 10.6. The Morgan fingerprint density at radius 1 is 1.00 bits per heavy atom. The van der Waals surface area contributed by atoms with Crippen LogP contribution in [0, 0.1) is 6.92 Å². The third-order valence-corrected chi connectivity index (χ3v) is 8.65. The first-order valence-corrected chi connectivity index (χ1v) is 15.1. The summed E-state index contributed by atoms with van der Waals surface area (Å²) < 4.78 is 69.7. The fourth-order valence-electron chi connectivity index (χ4n) is 3.97. The number of anilines is 1. The first-order valence-electron chi connectivity index (χ1n) is 12.8. The highest BCUT2D eigenvalue weighted by molar-refractivity contribution is 9.10. The van der Waals surface area contributed by atoms with E-state index >= 15 is 0 Å². The maximum Gasteiger partial charge on any atom is 0.416 e.